The summed E-state index contributed by atoms with van der Waals surface area (Å²) in [6, 6.07) is 12.4. The number of nitrogens with one attached hydrogen (secondary N) is 3. The number of carbonyl (C=O) groups excluding carboxylic acids is 1. The van der Waals surface area contributed by atoms with E-state index in [4.69, 9.17) is 0 Å². The molecule has 0 aromatic heterocycles. The Kier molecular flexibility index (Phi) is 8.31. The number of hydrogen-bond donors (Lipinski definition) is 3. The zero-order valence-electron chi connectivity index (χ0n) is 23.1. The first-order valence-electron chi connectivity index (χ1n) is 13.7. The Bertz CT molecular complexity index is 1400. The highest BCUT2D eigenvalue weighted by molar-refractivity contribution is 7.89. The van der Waals surface area contributed by atoms with Gasteiger partial charge in [0.1, 0.15) is 17.8 Å². The molecule has 3 fully saturated rings. The van der Waals surface area contributed by atoms with Crippen molar-refractivity contribution in [2.24, 2.45) is 5.92 Å². The lowest BCUT2D eigenvalue weighted by atomic mass is 9.81. The summed E-state index contributed by atoms with van der Waals surface area (Å²) in [5.74, 6) is -1.69. The number of rotatable bonds is 8. The molecule has 0 saturated carbocycles. The molecule has 220 valence electrons. The first-order chi connectivity index (χ1) is 19.6. The van der Waals surface area contributed by atoms with Crippen molar-refractivity contribution >= 4 is 21.6 Å². The fraction of sp³-hybridized carbons (Fsp3) is 0.500. The standard InChI is InChI=1S/C28H35F2N7O3S/c1-35(2)41(39,40)20-8-6-19(7-9-20)33-26-25-24(10-15-32-27(25)38)37(34-26)28(11-14-31)12-16-36(17-13-28)18-21-22(29)4-3-5-23(21)30/h3-9,24-26,33-34H,10-13,15-18H2,1-2H3,(H,32,38). The van der Waals surface area contributed by atoms with Gasteiger partial charge in [-0.1, -0.05) is 6.07 Å². The molecule has 0 radical (unpaired) electrons. The molecule has 3 unspecified atom stereocenters. The highest BCUT2D eigenvalue weighted by Crippen LogP contribution is 2.40. The molecule has 1 amide bonds. The van der Waals surface area contributed by atoms with Crippen LogP contribution in [-0.2, 0) is 21.4 Å². The third kappa shape index (κ3) is 5.67. The summed E-state index contributed by atoms with van der Waals surface area (Å²) in [6.07, 6.45) is 1.60. The van der Waals surface area contributed by atoms with Crippen LogP contribution in [-0.4, -0.2) is 80.0 Å². The van der Waals surface area contributed by atoms with Crippen LogP contribution < -0.4 is 16.1 Å². The molecule has 3 aliphatic rings. The molecule has 10 nitrogen and oxygen atoms in total. The normalized spacial score (nSPS) is 25.0. The molecule has 3 atom stereocenters. The summed E-state index contributed by atoms with van der Waals surface area (Å²) >= 11 is 0. The predicted octanol–water partition coefficient (Wildman–Crippen LogP) is 2.23. The molecule has 3 N–H and O–H groups in total. The van der Waals surface area contributed by atoms with Crippen molar-refractivity contribution in [3.63, 3.8) is 0 Å². The maximum Gasteiger partial charge on any atom is 0.242 e. The lowest BCUT2D eigenvalue weighted by Gasteiger charge is -2.49. The molecule has 2 aromatic carbocycles. The number of likely N-dealkylation sites (tertiary alicyclic amines) is 1. The monoisotopic (exact) mass is 587 g/mol. The number of fused-ring (bicyclic) bond motifs is 1. The molecule has 3 saturated heterocycles. The summed E-state index contributed by atoms with van der Waals surface area (Å²) in [5, 5.41) is 18.2. The van der Waals surface area contributed by atoms with Gasteiger partial charge in [0, 0.05) is 57.6 Å². The SMILES string of the molecule is CN(C)S(=O)(=O)c1ccc(NC2NN(C3(CC#N)CCN(Cc4c(F)cccc4F)CC3)C3CCNC(=O)C23)cc1. The van der Waals surface area contributed by atoms with E-state index < -0.39 is 39.3 Å². The number of carbonyl (C=O) groups is 1. The fourth-order valence-corrected chi connectivity index (χ4v) is 7.11. The van der Waals surface area contributed by atoms with Gasteiger partial charge in [0.2, 0.25) is 15.9 Å². The predicted molar refractivity (Wildman–Crippen MR) is 148 cm³/mol. The van der Waals surface area contributed by atoms with E-state index in [1.807, 2.05) is 4.90 Å². The second kappa shape index (κ2) is 11.6. The van der Waals surface area contributed by atoms with E-state index in [1.54, 1.807) is 12.1 Å². The van der Waals surface area contributed by atoms with Gasteiger partial charge >= 0.3 is 0 Å². The third-order valence-electron chi connectivity index (χ3n) is 8.53. The largest absolute Gasteiger partial charge is 0.368 e. The number of amides is 1. The van der Waals surface area contributed by atoms with Gasteiger partial charge < -0.3 is 10.6 Å². The number of hydrogen-bond acceptors (Lipinski definition) is 8. The number of nitriles is 1. The van der Waals surface area contributed by atoms with Crippen molar-refractivity contribution in [2.45, 2.75) is 54.9 Å². The summed E-state index contributed by atoms with van der Waals surface area (Å²) in [6.45, 7) is 1.74. The molecule has 13 heteroatoms. The smallest absolute Gasteiger partial charge is 0.242 e. The molecule has 0 aliphatic carbocycles. The number of sulfonamides is 1. The van der Waals surface area contributed by atoms with Gasteiger partial charge in [-0.25, -0.2) is 31.9 Å². The molecule has 3 aliphatic heterocycles. The van der Waals surface area contributed by atoms with Gasteiger partial charge in [-0.15, -0.1) is 0 Å². The highest BCUT2D eigenvalue weighted by Gasteiger charge is 2.54. The van der Waals surface area contributed by atoms with Crippen molar-refractivity contribution in [3.8, 4) is 6.07 Å². The fourth-order valence-electron chi connectivity index (χ4n) is 6.21. The molecule has 3 heterocycles. The van der Waals surface area contributed by atoms with Crippen LogP contribution >= 0.6 is 0 Å². The van der Waals surface area contributed by atoms with Crippen molar-refractivity contribution in [3.05, 3.63) is 59.7 Å². The van der Waals surface area contributed by atoms with E-state index in [0.29, 0.717) is 44.6 Å². The molecule has 0 bridgehead atoms. The summed E-state index contributed by atoms with van der Waals surface area (Å²) in [4.78, 5) is 15.3. The average molecular weight is 588 g/mol. The second-order valence-electron chi connectivity index (χ2n) is 11.1. The van der Waals surface area contributed by atoms with Gasteiger partial charge in [-0.3, -0.25) is 9.69 Å². The average Bonchev–Trinajstić information content (AvgIpc) is 3.32. The lowest BCUT2D eigenvalue weighted by molar-refractivity contribution is -0.128. The number of anilines is 1. The Balaban J connectivity index is 1.34. The van der Waals surface area contributed by atoms with Gasteiger partial charge in [-0.2, -0.15) is 5.26 Å². The van der Waals surface area contributed by atoms with E-state index in [-0.39, 0.29) is 35.4 Å². The minimum absolute atomic E-state index is 0.0391. The van der Waals surface area contributed by atoms with E-state index >= 15 is 0 Å². The van der Waals surface area contributed by atoms with Crippen LogP contribution in [0.1, 0.15) is 31.2 Å². The molecular formula is C28H35F2N7O3S. The van der Waals surface area contributed by atoms with Crippen molar-refractivity contribution < 1.29 is 22.0 Å². The van der Waals surface area contributed by atoms with Crippen LogP contribution in [0.5, 0.6) is 0 Å². The highest BCUT2D eigenvalue weighted by atomic mass is 32.2. The second-order valence-corrected chi connectivity index (χ2v) is 13.3. The Morgan fingerprint density at radius 1 is 1.12 bits per heavy atom. The van der Waals surface area contributed by atoms with Crippen LogP contribution in [0.25, 0.3) is 0 Å². The van der Waals surface area contributed by atoms with E-state index in [1.165, 1.54) is 44.4 Å². The number of piperidine rings is 2. The number of nitrogens with zero attached hydrogens (tertiary/aromatic N) is 4. The van der Waals surface area contributed by atoms with E-state index in [2.05, 4.69) is 27.1 Å². The van der Waals surface area contributed by atoms with Gasteiger partial charge in [0.25, 0.3) is 0 Å². The molecule has 2 aromatic rings. The quantitative estimate of drug-likeness (QED) is 0.430. The zero-order valence-corrected chi connectivity index (χ0v) is 23.9. The Labute approximate surface area is 239 Å². The molecular weight excluding hydrogens is 552 g/mol. The molecule has 5 rings (SSSR count). The van der Waals surface area contributed by atoms with Gasteiger partial charge in [-0.05, 0) is 55.7 Å². The van der Waals surface area contributed by atoms with Crippen LogP contribution in [0.15, 0.2) is 47.4 Å². The van der Waals surface area contributed by atoms with Gasteiger partial charge in [0.15, 0.2) is 0 Å². The van der Waals surface area contributed by atoms with E-state index in [9.17, 15) is 27.3 Å². The lowest BCUT2D eigenvalue weighted by Crippen LogP contribution is -2.62. The zero-order chi connectivity index (χ0) is 29.4. The Morgan fingerprint density at radius 3 is 2.39 bits per heavy atom. The van der Waals surface area contributed by atoms with Crippen LogP contribution in [0, 0.1) is 28.9 Å². The number of halogens is 2. The van der Waals surface area contributed by atoms with Gasteiger partial charge in [0.05, 0.1) is 28.8 Å². The first kappa shape index (κ1) is 29.3. The van der Waals surface area contributed by atoms with Crippen molar-refractivity contribution in [2.75, 3.05) is 39.0 Å². The van der Waals surface area contributed by atoms with Crippen LogP contribution in [0.3, 0.4) is 0 Å². The van der Waals surface area contributed by atoms with Crippen LogP contribution in [0.4, 0.5) is 14.5 Å². The Morgan fingerprint density at radius 2 is 1.78 bits per heavy atom. The minimum Gasteiger partial charge on any atom is -0.368 e. The summed E-state index contributed by atoms with van der Waals surface area (Å²) in [7, 11) is -0.630. The van der Waals surface area contributed by atoms with Crippen molar-refractivity contribution in [1.82, 2.24) is 25.0 Å². The first-order valence-corrected chi connectivity index (χ1v) is 15.1. The summed E-state index contributed by atoms with van der Waals surface area (Å²) < 4.78 is 54.6. The third-order valence-corrected chi connectivity index (χ3v) is 10.4. The number of benzene rings is 2. The van der Waals surface area contributed by atoms with Crippen LogP contribution in [0.2, 0.25) is 0 Å². The summed E-state index contributed by atoms with van der Waals surface area (Å²) in [5.41, 5.74) is 3.62. The maximum atomic E-state index is 14.3. The molecule has 0 spiro atoms. The van der Waals surface area contributed by atoms with Crippen molar-refractivity contribution in [1.29, 1.82) is 5.26 Å². The van der Waals surface area contributed by atoms with E-state index in [0.717, 1.165) is 4.31 Å². The Hall–Kier alpha value is -3.15. The maximum absolute atomic E-state index is 14.3. The molecule has 41 heavy (non-hydrogen) atoms. The number of hydrazine groups is 1. The minimum atomic E-state index is -3.57. The topological polar surface area (TPSA) is 121 Å².